The Morgan fingerprint density at radius 1 is 1.38 bits per heavy atom. The van der Waals surface area contributed by atoms with Crippen LogP contribution in [0.5, 0.6) is 0 Å². The molecule has 1 aromatic rings. The van der Waals surface area contributed by atoms with E-state index in [1.807, 2.05) is 23.1 Å². The van der Waals surface area contributed by atoms with Crippen LogP contribution in [0.3, 0.4) is 0 Å². The number of primary amides is 1. The molecule has 2 heterocycles. The molecule has 1 fully saturated rings. The summed E-state index contributed by atoms with van der Waals surface area (Å²) in [5.74, 6) is -0.347. The molecule has 1 aliphatic heterocycles. The number of pyridine rings is 1. The summed E-state index contributed by atoms with van der Waals surface area (Å²) < 4.78 is 0. The summed E-state index contributed by atoms with van der Waals surface area (Å²) in [5, 5.41) is 4.25. The number of amides is 1. The number of piperazine rings is 1. The molecule has 1 unspecified atom stereocenters. The fraction of sp³-hybridized carbons (Fsp3) is 0.455. The molecule has 16 heavy (non-hydrogen) atoms. The SMILES string of the molecule is NC(=O)C(c1ccccn1)N1CC[N]CC1. The van der Waals surface area contributed by atoms with Gasteiger partial charge in [-0.1, -0.05) is 6.07 Å². The Hall–Kier alpha value is -1.46. The Balaban J connectivity index is 2.20. The first-order valence-electron chi connectivity index (χ1n) is 5.36. The number of hydrogen-bond acceptors (Lipinski definition) is 3. The Labute approximate surface area is 94.6 Å². The van der Waals surface area contributed by atoms with Crippen molar-refractivity contribution in [3.05, 3.63) is 30.1 Å². The van der Waals surface area contributed by atoms with Crippen molar-refractivity contribution in [2.24, 2.45) is 5.73 Å². The van der Waals surface area contributed by atoms with Crippen molar-refractivity contribution in [1.29, 1.82) is 0 Å². The van der Waals surface area contributed by atoms with Gasteiger partial charge in [0, 0.05) is 32.4 Å². The minimum Gasteiger partial charge on any atom is -0.368 e. The maximum atomic E-state index is 11.5. The number of aromatic nitrogens is 1. The molecular formula is C11H15N4O. The molecular weight excluding hydrogens is 204 g/mol. The van der Waals surface area contributed by atoms with Crippen LogP contribution >= 0.6 is 0 Å². The Morgan fingerprint density at radius 2 is 2.12 bits per heavy atom. The molecule has 1 amide bonds. The Kier molecular flexibility index (Phi) is 3.48. The fourth-order valence-corrected chi connectivity index (χ4v) is 1.93. The van der Waals surface area contributed by atoms with E-state index in [0.717, 1.165) is 31.9 Å². The molecule has 0 aliphatic carbocycles. The molecule has 1 radical (unpaired) electrons. The number of carbonyl (C=O) groups excluding carboxylic acids is 1. The summed E-state index contributed by atoms with van der Waals surface area (Å²) in [6, 6.07) is 5.11. The van der Waals surface area contributed by atoms with Crippen LogP contribution in [0, 0.1) is 0 Å². The molecule has 1 aromatic heterocycles. The van der Waals surface area contributed by atoms with E-state index < -0.39 is 6.04 Å². The molecule has 0 bridgehead atoms. The number of rotatable bonds is 3. The van der Waals surface area contributed by atoms with Crippen molar-refractivity contribution in [2.45, 2.75) is 6.04 Å². The van der Waals surface area contributed by atoms with Gasteiger partial charge in [0.2, 0.25) is 5.91 Å². The summed E-state index contributed by atoms with van der Waals surface area (Å²) in [4.78, 5) is 17.8. The average Bonchev–Trinajstić information content (AvgIpc) is 2.31. The third-order valence-corrected chi connectivity index (χ3v) is 2.69. The second-order valence-electron chi connectivity index (χ2n) is 3.77. The fourth-order valence-electron chi connectivity index (χ4n) is 1.93. The van der Waals surface area contributed by atoms with Crippen LogP contribution in [0.15, 0.2) is 24.4 Å². The minimum atomic E-state index is -0.420. The van der Waals surface area contributed by atoms with E-state index in [4.69, 9.17) is 5.73 Å². The minimum absolute atomic E-state index is 0.347. The van der Waals surface area contributed by atoms with E-state index in [-0.39, 0.29) is 5.91 Å². The van der Waals surface area contributed by atoms with Gasteiger partial charge in [-0.05, 0) is 12.1 Å². The van der Waals surface area contributed by atoms with Crippen molar-refractivity contribution in [3.8, 4) is 0 Å². The van der Waals surface area contributed by atoms with E-state index >= 15 is 0 Å². The summed E-state index contributed by atoms with van der Waals surface area (Å²) in [6.07, 6.45) is 1.68. The Morgan fingerprint density at radius 3 is 2.69 bits per heavy atom. The molecule has 1 aliphatic rings. The normalized spacial score (nSPS) is 19.2. The number of nitrogens with two attached hydrogens (primary N) is 1. The molecule has 2 rings (SSSR count). The molecule has 1 atom stereocenters. The van der Waals surface area contributed by atoms with Crippen LogP contribution in [0.4, 0.5) is 0 Å². The molecule has 2 N–H and O–H groups in total. The zero-order valence-electron chi connectivity index (χ0n) is 9.04. The Bertz CT molecular complexity index is 348. The van der Waals surface area contributed by atoms with Gasteiger partial charge in [0.25, 0.3) is 0 Å². The van der Waals surface area contributed by atoms with Gasteiger partial charge in [-0.3, -0.25) is 14.7 Å². The monoisotopic (exact) mass is 219 g/mol. The second-order valence-corrected chi connectivity index (χ2v) is 3.77. The van der Waals surface area contributed by atoms with Crippen molar-refractivity contribution >= 4 is 5.91 Å². The van der Waals surface area contributed by atoms with Gasteiger partial charge in [0.15, 0.2) is 0 Å². The highest BCUT2D eigenvalue weighted by molar-refractivity contribution is 5.80. The van der Waals surface area contributed by atoms with Gasteiger partial charge in [0.1, 0.15) is 6.04 Å². The third-order valence-electron chi connectivity index (χ3n) is 2.69. The van der Waals surface area contributed by atoms with Crippen molar-refractivity contribution < 1.29 is 4.79 Å². The largest absolute Gasteiger partial charge is 0.368 e. The smallest absolute Gasteiger partial charge is 0.241 e. The van der Waals surface area contributed by atoms with E-state index in [9.17, 15) is 4.79 Å². The first kappa shape index (κ1) is 11.0. The van der Waals surface area contributed by atoms with Gasteiger partial charge in [-0.25, -0.2) is 5.32 Å². The summed E-state index contributed by atoms with van der Waals surface area (Å²) in [5.41, 5.74) is 6.17. The highest BCUT2D eigenvalue weighted by atomic mass is 16.1. The van der Waals surface area contributed by atoms with Crippen molar-refractivity contribution in [1.82, 2.24) is 15.2 Å². The van der Waals surface area contributed by atoms with Crippen LogP contribution in [0.1, 0.15) is 11.7 Å². The first-order chi connectivity index (χ1) is 7.79. The van der Waals surface area contributed by atoms with E-state index in [1.165, 1.54) is 0 Å². The second kappa shape index (κ2) is 5.05. The number of hydrogen-bond donors (Lipinski definition) is 1. The summed E-state index contributed by atoms with van der Waals surface area (Å²) in [7, 11) is 0. The first-order valence-corrected chi connectivity index (χ1v) is 5.36. The standard InChI is InChI=1S/C11H15N4O/c12-11(16)10(9-3-1-2-4-14-9)15-7-5-13-6-8-15/h1-4,10H,5-8H2,(H2,12,16). The van der Waals surface area contributed by atoms with Crippen LogP contribution < -0.4 is 11.1 Å². The van der Waals surface area contributed by atoms with E-state index in [2.05, 4.69) is 10.3 Å². The third kappa shape index (κ3) is 2.37. The van der Waals surface area contributed by atoms with Gasteiger partial charge >= 0.3 is 0 Å². The van der Waals surface area contributed by atoms with Gasteiger partial charge in [-0.15, -0.1) is 0 Å². The van der Waals surface area contributed by atoms with Gasteiger partial charge in [0.05, 0.1) is 5.69 Å². The van der Waals surface area contributed by atoms with Crippen LogP contribution in [-0.4, -0.2) is 42.0 Å². The van der Waals surface area contributed by atoms with Crippen molar-refractivity contribution in [3.63, 3.8) is 0 Å². The van der Waals surface area contributed by atoms with E-state index in [1.54, 1.807) is 6.20 Å². The zero-order chi connectivity index (χ0) is 11.4. The van der Waals surface area contributed by atoms with Gasteiger partial charge < -0.3 is 5.73 Å². The quantitative estimate of drug-likeness (QED) is 0.746. The van der Waals surface area contributed by atoms with Crippen LogP contribution in [0.25, 0.3) is 0 Å². The molecule has 0 saturated carbocycles. The van der Waals surface area contributed by atoms with Gasteiger partial charge in [-0.2, -0.15) is 0 Å². The maximum absolute atomic E-state index is 11.5. The lowest BCUT2D eigenvalue weighted by atomic mass is 10.1. The lowest BCUT2D eigenvalue weighted by Gasteiger charge is -2.31. The number of carbonyl (C=O) groups is 1. The summed E-state index contributed by atoms with van der Waals surface area (Å²) in [6.45, 7) is 3.06. The molecule has 1 saturated heterocycles. The molecule has 85 valence electrons. The van der Waals surface area contributed by atoms with Crippen LogP contribution in [-0.2, 0) is 4.79 Å². The lowest BCUT2D eigenvalue weighted by Crippen LogP contribution is -2.46. The molecule has 0 aromatic carbocycles. The highest BCUT2D eigenvalue weighted by Gasteiger charge is 2.27. The molecule has 5 heteroatoms. The number of nitrogens with zero attached hydrogens (tertiary/aromatic N) is 3. The molecule has 5 nitrogen and oxygen atoms in total. The predicted octanol–water partition coefficient (Wildman–Crippen LogP) is -0.472. The van der Waals surface area contributed by atoms with Crippen LogP contribution in [0.2, 0.25) is 0 Å². The average molecular weight is 219 g/mol. The van der Waals surface area contributed by atoms with E-state index in [0.29, 0.717) is 0 Å². The van der Waals surface area contributed by atoms with Crippen molar-refractivity contribution in [2.75, 3.05) is 26.2 Å². The highest BCUT2D eigenvalue weighted by Crippen LogP contribution is 2.18. The lowest BCUT2D eigenvalue weighted by molar-refractivity contribution is -0.123. The topological polar surface area (TPSA) is 73.3 Å². The molecule has 0 spiro atoms. The maximum Gasteiger partial charge on any atom is 0.241 e. The predicted molar refractivity (Wildman–Crippen MR) is 59.6 cm³/mol. The summed E-state index contributed by atoms with van der Waals surface area (Å²) >= 11 is 0. The zero-order valence-corrected chi connectivity index (χ0v) is 9.04.